The molecule has 1 aromatic rings. The highest BCUT2D eigenvalue weighted by Gasteiger charge is 2.17. The number of amides is 1. The molecule has 0 spiro atoms. The molecular formula is C10H17N3O5S2. The molecule has 0 aromatic carbocycles. The fourth-order valence-electron chi connectivity index (χ4n) is 1.54. The minimum absolute atomic E-state index is 0.0250. The number of rotatable bonds is 6. The Hall–Kier alpha value is -1.39. The summed E-state index contributed by atoms with van der Waals surface area (Å²) in [6.45, 7) is 0.182. The van der Waals surface area contributed by atoms with Crippen molar-refractivity contribution in [3.05, 3.63) is 18.0 Å². The quantitative estimate of drug-likeness (QED) is 0.638. The van der Waals surface area contributed by atoms with E-state index in [1.54, 1.807) is 0 Å². The minimum Gasteiger partial charge on any atom is -0.351 e. The lowest BCUT2D eigenvalue weighted by Crippen LogP contribution is -2.27. The lowest BCUT2D eigenvalue weighted by molar-refractivity contribution is 0.0945. The van der Waals surface area contributed by atoms with Crippen LogP contribution in [0.4, 0.5) is 0 Å². The summed E-state index contributed by atoms with van der Waals surface area (Å²) in [6, 6.07) is 1.17. The van der Waals surface area contributed by atoms with Crippen LogP contribution in [0.5, 0.6) is 0 Å². The standard InChI is InChI=1S/C10H17N3O5S2/c1-13-7-8(20(11,17)18)6-9(13)10(14)12-4-3-5-19(2,15)16/h6-7H,3-5H2,1-2H3,(H,12,14)(H2,11,17,18). The summed E-state index contributed by atoms with van der Waals surface area (Å²) < 4.78 is 45.5. The molecule has 1 rings (SSSR count). The fourth-order valence-corrected chi connectivity index (χ4v) is 2.79. The Morgan fingerprint density at radius 3 is 2.40 bits per heavy atom. The van der Waals surface area contributed by atoms with Gasteiger partial charge in [-0.3, -0.25) is 4.79 Å². The Morgan fingerprint density at radius 2 is 1.95 bits per heavy atom. The molecule has 10 heteroatoms. The molecular weight excluding hydrogens is 306 g/mol. The van der Waals surface area contributed by atoms with E-state index in [1.165, 1.54) is 23.9 Å². The molecule has 1 amide bonds. The zero-order chi connectivity index (χ0) is 15.6. The van der Waals surface area contributed by atoms with Gasteiger partial charge in [0, 0.05) is 26.0 Å². The molecule has 0 aliphatic heterocycles. The van der Waals surface area contributed by atoms with Crippen molar-refractivity contribution in [2.24, 2.45) is 12.2 Å². The van der Waals surface area contributed by atoms with Gasteiger partial charge < -0.3 is 9.88 Å². The first-order valence-corrected chi connectivity index (χ1v) is 9.26. The second kappa shape index (κ2) is 5.94. The normalized spacial score (nSPS) is 12.3. The van der Waals surface area contributed by atoms with E-state index in [0.29, 0.717) is 0 Å². The van der Waals surface area contributed by atoms with Crippen molar-refractivity contribution in [3.8, 4) is 0 Å². The first-order chi connectivity index (χ1) is 9.00. The molecule has 0 unspecified atom stereocenters. The number of hydrogen-bond acceptors (Lipinski definition) is 5. The third-order valence-corrected chi connectivity index (χ3v) is 4.43. The van der Waals surface area contributed by atoms with E-state index in [2.05, 4.69) is 5.32 Å². The lowest BCUT2D eigenvalue weighted by Gasteiger charge is -2.05. The van der Waals surface area contributed by atoms with Gasteiger partial charge in [-0.2, -0.15) is 0 Å². The maximum absolute atomic E-state index is 11.8. The van der Waals surface area contributed by atoms with Crippen molar-refractivity contribution in [2.75, 3.05) is 18.6 Å². The van der Waals surface area contributed by atoms with Crippen molar-refractivity contribution >= 4 is 25.8 Å². The van der Waals surface area contributed by atoms with Gasteiger partial charge in [0.2, 0.25) is 10.0 Å². The molecule has 0 fully saturated rings. The van der Waals surface area contributed by atoms with Crippen LogP contribution in [0.1, 0.15) is 16.9 Å². The fraction of sp³-hybridized carbons (Fsp3) is 0.500. The highest BCUT2D eigenvalue weighted by molar-refractivity contribution is 7.90. The van der Waals surface area contributed by atoms with Crippen molar-refractivity contribution in [1.29, 1.82) is 0 Å². The molecule has 1 aromatic heterocycles. The van der Waals surface area contributed by atoms with E-state index in [-0.39, 0.29) is 29.3 Å². The molecule has 0 aliphatic carbocycles. The maximum atomic E-state index is 11.8. The van der Waals surface area contributed by atoms with E-state index in [4.69, 9.17) is 5.14 Å². The van der Waals surface area contributed by atoms with Crippen LogP contribution in [0.25, 0.3) is 0 Å². The Morgan fingerprint density at radius 1 is 1.35 bits per heavy atom. The van der Waals surface area contributed by atoms with Crippen molar-refractivity contribution in [1.82, 2.24) is 9.88 Å². The van der Waals surface area contributed by atoms with E-state index in [1.807, 2.05) is 0 Å². The van der Waals surface area contributed by atoms with Crippen molar-refractivity contribution in [2.45, 2.75) is 11.3 Å². The number of sulfone groups is 1. The summed E-state index contributed by atoms with van der Waals surface area (Å²) in [5.41, 5.74) is 0.133. The highest BCUT2D eigenvalue weighted by atomic mass is 32.2. The molecule has 0 radical (unpaired) electrons. The SMILES string of the molecule is Cn1cc(S(N)(=O)=O)cc1C(=O)NCCCS(C)(=O)=O. The smallest absolute Gasteiger partial charge is 0.267 e. The summed E-state index contributed by atoms with van der Waals surface area (Å²) in [5.74, 6) is -0.515. The topological polar surface area (TPSA) is 128 Å². The minimum atomic E-state index is -3.86. The van der Waals surface area contributed by atoms with E-state index in [0.717, 1.165) is 6.26 Å². The van der Waals surface area contributed by atoms with Crippen LogP contribution in [0, 0.1) is 0 Å². The van der Waals surface area contributed by atoms with Gasteiger partial charge in [0.15, 0.2) is 0 Å². The van der Waals surface area contributed by atoms with Crippen LogP contribution < -0.4 is 10.5 Å². The van der Waals surface area contributed by atoms with Crippen LogP contribution in [0.2, 0.25) is 0 Å². The molecule has 1 heterocycles. The van der Waals surface area contributed by atoms with E-state index in [9.17, 15) is 21.6 Å². The number of carbonyl (C=O) groups is 1. The summed E-state index contributed by atoms with van der Waals surface area (Å²) in [5, 5.41) is 7.49. The predicted octanol–water partition coefficient (Wildman–Crippen LogP) is -1.16. The maximum Gasteiger partial charge on any atom is 0.267 e. The van der Waals surface area contributed by atoms with Crippen molar-refractivity contribution < 1.29 is 21.6 Å². The monoisotopic (exact) mass is 323 g/mol. The molecule has 20 heavy (non-hydrogen) atoms. The van der Waals surface area contributed by atoms with Crippen LogP contribution >= 0.6 is 0 Å². The van der Waals surface area contributed by atoms with Crippen LogP contribution in [0.15, 0.2) is 17.2 Å². The van der Waals surface area contributed by atoms with E-state index >= 15 is 0 Å². The van der Waals surface area contributed by atoms with Gasteiger partial charge in [-0.25, -0.2) is 22.0 Å². The van der Waals surface area contributed by atoms with Crippen LogP contribution in [-0.2, 0) is 26.9 Å². The van der Waals surface area contributed by atoms with E-state index < -0.39 is 25.8 Å². The molecule has 0 aliphatic rings. The lowest BCUT2D eigenvalue weighted by atomic mass is 10.4. The van der Waals surface area contributed by atoms with Crippen LogP contribution in [0.3, 0.4) is 0 Å². The van der Waals surface area contributed by atoms with Gasteiger partial charge in [0.05, 0.1) is 5.75 Å². The summed E-state index contributed by atoms with van der Waals surface area (Å²) in [7, 11) is -5.41. The molecule has 0 saturated carbocycles. The second-order valence-electron chi connectivity index (χ2n) is 4.46. The molecule has 3 N–H and O–H groups in total. The number of carbonyl (C=O) groups excluding carboxylic acids is 1. The Kier molecular flexibility index (Phi) is 4.95. The first kappa shape index (κ1) is 16.7. The number of aromatic nitrogens is 1. The zero-order valence-electron chi connectivity index (χ0n) is 11.2. The number of primary sulfonamides is 1. The molecule has 0 atom stereocenters. The highest BCUT2D eigenvalue weighted by Crippen LogP contribution is 2.11. The Bertz CT molecular complexity index is 703. The number of sulfonamides is 1. The van der Waals surface area contributed by atoms with Gasteiger partial charge >= 0.3 is 0 Å². The largest absolute Gasteiger partial charge is 0.351 e. The second-order valence-corrected chi connectivity index (χ2v) is 8.28. The first-order valence-electron chi connectivity index (χ1n) is 5.66. The van der Waals surface area contributed by atoms with Crippen LogP contribution in [-0.4, -0.2) is 45.9 Å². The number of aryl methyl sites for hydroxylation is 1. The molecule has 114 valence electrons. The molecule has 0 bridgehead atoms. The third-order valence-electron chi connectivity index (χ3n) is 2.52. The number of nitrogens with two attached hydrogens (primary N) is 1. The van der Waals surface area contributed by atoms with Gasteiger partial charge in [-0.05, 0) is 12.5 Å². The van der Waals surface area contributed by atoms with Gasteiger partial charge in [-0.1, -0.05) is 0 Å². The Balaban J connectivity index is 2.67. The van der Waals surface area contributed by atoms with Gasteiger partial charge in [-0.15, -0.1) is 0 Å². The number of nitrogens with one attached hydrogen (secondary N) is 1. The zero-order valence-corrected chi connectivity index (χ0v) is 12.8. The number of nitrogens with zero attached hydrogens (tertiary/aromatic N) is 1. The predicted molar refractivity (Wildman–Crippen MR) is 73.4 cm³/mol. The third kappa shape index (κ3) is 4.94. The summed E-state index contributed by atoms with van der Waals surface area (Å²) in [4.78, 5) is 11.7. The van der Waals surface area contributed by atoms with Gasteiger partial charge in [0.25, 0.3) is 5.91 Å². The average Bonchev–Trinajstić information content (AvgIpc) is 2.65. The summed E-state index contributed by atoms with van der Waals surface area (Å²) in [6.07, 6.45) is 2.64. The van der Waals surface area contributed by atoms with Gasteiger partial charge in [0.1, 0.15) is 20.4 Å². The van der Waals surface area contributed by atoms with Crippen molar-refractivity contribution in [3.63, 3.8) is 0 Å². The summed E-state index contributed by atoms with van der Waals surface area (Å²) >= 11 is 0. The number of hydrogen-bond donors (Lipinski definition) is 2. The Labute approximate surface area is 117 Å². The molecule has 8 nitrogen and oxygen atoms in total. The molecule has 0 saturated heterocycles. The average molecular weight is 323 g/mol.